The van der Waals surface area contributed by atoms with Crippen LogP contribution in [0.25, 0.3) is 0 Å². The van der Waals surface area contributed by atoms with Crippen LogP contribution in [-0.2, 0) is 6.42 Å². The lowest BCUT2D eigenvalue weighted by Gasteiger charge is -2.18. The first kappa shape index (κ1) is 13.0. The summed E-state index contributed by atoms with van der Waals surface area (Å²) in [5, 5.41) is 12.5. The van der Waals surface area contributed by atoms with Crippen LogP contribution in [0.2, 0.25) is 0 Å². The molecular weight excluding hydrogens is 198 g/mol. The summed E-state index contributed by atoms with van der Waals surface area (Å²) in [6.45, 7) is 5.58. The Morgan fingerprint density at radius 3 is 2.31 bits per heavy atom. The zero-order chi connectivity index (χ0) is 12.0. The van der Waals surface area contributed by atoms with E-state index in [1.807, 2.05) is 19.2 Å². The van der Waals surface area contributed by atoms with Gasteiger partial charge in [0.05, 0.1) is 0 Å². The van der Waals surface area contributed by atoms with Crippen molar-refractivity contribution < 1.29 is 5.11 Å². The highest BCUT2D eigenvalue weighted by Crippen LogP contribution is 2.18. The van der Waals surface area contributed by atoms with E-state index in [9.17, 15) is 5.11 Å². The fourth-order valence-corrected chi connectivity index (χ4v) is 2.16. The molecule has 0 saturated carbocycles. The quantitative estimate of drug-likeness (QED) is 0.774. The number of hydrogen-bond donors (Lipinski definition) is 2. The number of phenols is 1. The van der Waals surface area contributed by atoms with Gasteiger partial charge in [-0.1, -0.05) is 26.0 Å². The summed E-state index contributed by atoms with van der Waals surface area (Å²) in [4.78, 5) is 0. The standard InChI is InChI=1S/C14H23NO/c1-11(2)8-13(10-15-3)9-12-4-6-14(16)7-5-12/h4-7,11,13,15-16H,8-10H2,1-3H3. The van der Waals surface area contributed by atoms with Gasteiger partial charge < -0.3 is 10.4 Å². The van der Waals surface area contributed by atoms with Crippen molar-refractivity contribution >= 4 is 0 Å². The van der Waals surface area contributed by atoms with Gasteiger partial charge in [0.25, 0.3) is 0 Å². The Kier molecular flexibility index (Phi) is 5.33. The summed E-state index contributed by atoms with van der Waals surface area (Å²) in [5.41, 5.74) is 1.30. The summed E-state index contributed by atoms with van der Waals surface area (Å²) in [7, 11) is 2.00. The lowest BCUT2D eigenvalue weighted by Crippen LogP contribution is -2.22. The van der Waals surface area contributed by atoms with Crippen molar-refractivity contribution in [2.45, 2.75) is 26.7 Å². The second kappa shape index (κ2) is 6.54. The van der Waals surface area contributed by atoms with Crippen molar-refractivity contribution in [2.24, 2.45) is 11.8 Å². The predicted octanol–water partition coefficient (Wildman–Crippen LogP) is 2.82. The van der Waals surface area contributed by atoms with E-state index in [1.165, 1.54) is 12.0 Å². The first-order valence-corrected chi connectivity index (χ1v) is 6.04. The topological polar surface area (TPSA) is 32.3 Å². The third kappa shape index (κ3) is 4.67. The van der Waals surface area contributed by atoms with Crippen LogP contribution in [0.15, 0.2) is 24.3 Å². The fourth-order valence-electron chi connectivity index (χ4n) is 2.16. The highest BCUT2D eigenvalue weighted by atomic mass is 16.3. The molecule has 16 heavy (non-hydrogen) atoms. The first-order valence-electron chi connectivity index (χ1n) is 6.04. The molecule has 0 aliphatic carbocycles. The molecule has 1 aromatic rings. The van der Waals surface area contributed by atoms with Crippen molar-refractivity contribution in [3.8, 4) is 5.75 Å². The number of phenolic OH excluding ortho intramolecular Hbond substituents is 1. The molecule has 2 nitrogen and oxygen atoms in total. The second-order valence-electron chi connectivity index (χ2n) is 4.92. The number of nitrogens with one attached hydrogen (secondary N) is 1. The smallest absolute Gasteiger partial charge is 0.115 e. The molecular formula is C14H23NO. The van der Waals surface area contributed by atoms with Gasteiger partial charge in [-0.15, -0.1) is 0 Å². The predicted molar refractivity (Wildman–Crippen MR) is 68.7 cm³/mol. The summed E-state index contributed by atoms with van der Waals surface area (Å²) in [6.07, 6.45) is 2.32. The molecule has 0 bridgehead atoms. The van der Waals surface area contributed by atoms with Gasteiger partial charge in [0.2, 0.25) is 0 Å². The maximum atomic E-state index is 9.23. The molecule has 2 N–H and O–H groups in total. The van der Waals surface area contributed by atoms with E-state index in [0.717, 1.165) is 18.9 Å². The lowest BCUT2D eigenvalue weighted by atomic mass is 9.91. The van der Waals surface area contributed by atoms with Crippen molar-refractivity contribution in [3.05, 3.63) is 29.8 Å². The zero-order valence-electron chi connectivity index (χ0n) is 10.5. The van der Waals surface area contributed by atoms with Crippen molar-refractivity contribution in [2.75, 3.05) is 13.6 Å². The molecule has 0 amide bonds. The van der Waals surface area contributed by atoms with Crippen LogP contribution in [0.5, 0.6) is 5.75 Å². The third-order valence-corrected chi connectivity index (χ3v) is 2.76. The van der Waals surface area contributed by atoms with Gasteiger partial charge in [-0.2, -0.15) is 0 Å². The molecule has 90 valence electrons. The maximum absolute atomic E-state index is 9.23. The van der Waals surface area contributed by atoms with Crippen LogP contribution in [0, 0.1) is 11.8 Å². The average molecular weight is 221 g/mol. The van der Waals surface area contributed by atoms with E-state index in [-0.39, 0.29) is 0 Å². The Bertz CT molecular complexity index is 292. The second-order valence-corrected chi connectivity index (χ2v) is 4.92. The van der Waals surface area contributed by atoms with Crippen LogP contribution >= 0.6 is 0 Å². The highest BCUT2D eigenvalue weighted by molar-refractivity contribution is 5.26. The maximum Gasteiger partial charge on any atom is 0.115 e. The molecule has 0 fully saturated rings. The molecule has 2 heteroatoms. The Morgan fingerprint density at radius 1 is 1.19 bits per heavy atom. The van der Waals surface area contributed by atoms with Crippen molar-refractivity contribution in [1.82, 2.24) is 5.32 Å². The van der Waals surface area contributed by atoms with Crippen LogP contribution in [0.4, 0.5) is 0 Å². The largest absolute Gasteiger partial charge is 0.508 e. The average Bonchev–Trinajstić information content (AvgIpc) is 2.21. The molecule has 0 aromatic heterocycles. The van der Waals surface area contributed by atoms with E-state index in [0.29, 0.717) is 11.7 Å². The van der Waals surface area contributed by atoms with Crippen LogP contribution in [0.3, 0.4) is 0 Å². The Hall–Kier alpha value is -1.02. The Morgan fingerprint density at radius 2 is 1.81 bits per heavy atom. The minimum Gasteiger partial charge on any atom is -0.508 e. The van der Waals surface area contributed by atoms with Gasteiger partial charge in [0, 0.05) is 0 Å². The highest BCUT2D eigenvalue weighted by Gasteiger charge is 2.10. The van der Waals surface area contributed by atoms with Gasteiger partial charge in [0.15, 0.2) is 0 Å². The first-order chi connectivity index (χ1) is 7.61. The number of hydrogen-bond acceptors (Lipinski definition) is 2. The number of aromatic hydroxyl groups is 1. The molecule has 1 unspecified atom stereocenters. The number of benzene rings is 1. The molecule has 0 aliphatic rings. The molecule has 0 radical (unpaired) electrons. The molecule has 1 rings (SSSR count). The van der Waals surface area contributed by atoms with E-state index >= 15 is 0 Å². The van der Waals surface area contributed by atoms with E-state index < -0.39 is 0 Å². The summed E-state index contributed by atoms with van der Waals surface area (Å²) in [5.74, 6) is 1.75. The van der Waals surface area contributed by atoms with Crippen molar-refractivity contribution in [1.29, 1.82) is 0 Å². The summed E-state index contributed by atoms with van der Waals surface area (Å²) >= 11 is 0. The minimum atomic E-state index is 0.345. The van der Waals surface area contributed by atoms with E-state index in [2.05, 4.69) is 19.2 Å². The van der Waals surface area contributed by atoms with E-state index in [4.69, 9.17) is 0 Å². The molecule has 0 aliphatic heterocycles. The van der Waals surface area contributed by atoms with Crippen LogP contribution in [-0.4, -0.2) is 18.7 Å². The molecule has 1 atom stereocenters. The fraction of sp³-hybridized carbons (Fsp3) is 0.571. The van der Waals surface area contributed by atoms with Gasteiger partial charge in [-0.05, 0) is 56.0 Å². The molecule has 1 aromatic carbocycles. The molecule has 0 spiro atoms. The minimum absolute atomic E-state index is 0.345. The van der Waals surface area contributed by atoms with Crippen LogP contribution in [0.1, 0.15) is 25.8 Å². The Labute approximate surface area is 98.7 Å². The van der Waals surface area contributed by atoms with Gasteiger partial charge in [-0.25, -0.2) is 0 Å². The molecule has 0 heterocycles. The monoisotopic (exact) mass is 221 g/mol. The Balaban J connectivity index is 2.56. The summed E-state index contributed by atoms with van der Waals surface area (Å²) in [6, 6.07) is 7.55. The zero-order valence-corrected chi connectivity index (χ0v) is 10.5. The third-order valence-electron chi connectivity index (χ3n) is 2.76. The normalized spacial score (nSPS) is 13.0. The van der Waals surface area contributed by atoms with Gasteiger partial charge >= 0.3 is 0 Å². The number of rotatable bonds is 6. The van der Waals surface area contributed by atoms with E-state index in [1.54, 1.807) is 12.1 Å². The lowest BCUT2D eigenvalue weighted by molar-refractivity contribution is 0.395. The SMILES string of the molecule is CNCC(Cc1ccc(O)cc1)CC(C)C. The van der Waals surface area contributed by atoms with Crippen LogP contribution < -0.4 is 5.32 Å². The van der Waals surface area contributed by atoms with Gasteiger partial charge in [-0.3, -0.25) is 0 Å². The molecule has 0 saturated heterocycles. The van der Waals surface area contributed by atoms with Gasteiger partial charge in [0.1, 0.15) is 5.75 Å². The van der Waals surface area contributed by atoms with Crippen molar-refractivity contribution in [3.63, 3.8) is 0 Å². The summed E-state index contributed by atoms with van der Waals surface area (Å²) < 4.78 is 0.